The normalized spacial score (nSPS) is 15.8. The largest absolute Gasteiger partial charge is 0.293 e. The van der Waals surface area contributed by atoms with E-state index in [0.29, 0.717) is 24.7 Å². The van der Waals surface area contributed by atoms with Crippen LogP contribution in [-0.2, 0) is 15.8 Å². The summed E-state index contributed by atoms with van der Waals surface area (Å²) >= 11 is 0. The smallest absolute Gasteiger partial charge is 0.218 e. The Labute approximate surface area is 169 Å². The third-order valence-corrected chi connectivity index (χ3v) is 6.37. The summed E-state index contributed by atoms with van der Waals surface area (Å²) in [5.41, 5.74) is 0.567. The van der Waals surface area contributed by atoms with Crippen LogP contribution in [0.3, 0.4) is 0 Å². The number of carbonyl (C=O) groups excluding carboxylic acids is 1. The highest BCUT2D eigenvalue weighted by molar-refractivity contribution is 7.88. The maximum atomic E-state index is 13.7. The van der Waals surface area contributed by atoms with Crippen LogP contribution in [0, 0.1) is 11.6 Å². The lowest BCUT2D eigenvalue weighted by atomic mass is 10.1. The Morgan fingerprint density at radius 1 is 0.964 bits per heavy atom. The molecule has 152 valence electrons. The number of Topliss-reactive ketones (excluding diaryl/α,β-unsaturated/α-hetero) is 1. The first-order chi connectivity index (χ1) is 12.8. The van der Waals surface area contributed by atoms with Crippen LogP contribution in [0.4, 0.5) is 8.78 Å². The van der Waals surface area contributed by atoms with Gasteiger partial charge < -0.3 is 0 Å². The second-order valence-corrected chi connectivity index (χ2v) is 8.43. The molecule has 0 saturated carbocycles. The van der Waals surface area contributed by atoms with Crippen LogP contribution >= 0.6 is 12.4 Å². The summed E-state index contributed by atoms with van der Waals surface area (Å²) in [5.74, 6) is -2.14. The Balaban J connectivity index is 0.00000280. The van der Waals surface area contributed by atoms with Crippen LogP contribution in [-0.4, -0.2) is 56.1 Å². The van der Waals surface area contributed by atoms with Gasteiger partial charge in [0.2, 0.25) is 10.0 Å². The van der Waals surface area contributed by atoms with Gasteiger partial charge in [-0.15, -0.1) is 12.4 Å². The highest BCUT2D eigenvalue weighted by atomic mass is 35.5. The molecular formula is C19H21ClF2N2O3S. The molecule has 0 N–H and O–H groups in total. The molecule has 0 amide bonds. The maximum absolute atomic E-state index is 13.7. The summed E-state index contributed by atoms with van der Waals surface area (Å²) in [6.07, 6.45) is 0. The minimum absolute atomic E-state index is 0. The van der Waals surface area contributed by atoms with Gasteiger partial charge in [-0.1, -0.05) is 36.4 Å². The minimum atomic E-state index is -3.72. The van der Waals surface area contributed by atoms with E-state index in [-0.39, 0.29) is 43.4 Å². The molecule has 2 aromatic carbocycles. The van der Waals surface area contributed by atoms with E-state index in [1.165, 1.54) is 4.31 Å². The van der Waals surface area contributed by atoms with Crippen LogP contribution in [0.5, 0.6) is 0 Å². The molecule has 0 bridgehead atoms. The summed E-state index contributed by atoms with van der Waals surface area (Å²) in [6, 6.07) is 11.8. The average molecular weight is 431 g/mol. The molecule has 1 saturated heterocycles. The Bertz CT molecular complexity index is 918. The molecule has 1 fully saturated rings. The fourth-order valence-electron chi connectivity index (χ4n) is 3.01. The molecule has 5 nitrogen and oxygen atoms in total. The molecule has 28 heavy (non-hydrogen) atoms. The van der Waals surface area contributed by atoms with E-state index in [1.807, 2.05) is 11.0 Å². The van der Waals surface area contributed by atoms with Crippen molar-refractivity contribution in [3.05, 3.63) is 71.3 Å². The summed E-state index contributed by atoms with van der Waals surface area (Å²) in [4.78, 5) is 14.2. The summed E-state index contributed by atoms with van der Waals surface area (Å²) in [7, 11) is -3.72. The number of benzene rings is 2. The molecule has 0 spiro atoms. The first-order valence-corrected chi connectivity index (χ1v) is 10.2. The summed E-state index contributed by atoms with van der Waals surface area (Å²) in [6.45, 7) is 1.53. The van der Waals surface area contributed by atoms with Crippen molar-refractivity contribution in [3.63, 3.8) is 0 Å². The van der Waals surface area contributed by atoms with Crippen LogP contribution in [0.25, 0.3) is 0 Å². The van der Waals surface area contributed by atoms with E-state index in [1.54, 1.807) is 24.3 Å². The molecule has 0 radical (unpaired) electrons. The number of rotatable bonds is 6. The molecule has 0 aromatic heterocycles. The molecule has 1 aliphatic rings. The predicted molar refractivity (Wildman–Crippen MR) is 105 cm³/mol. The van der Waals surface area contributed by atoms with E-state index in [4.69, 9.17) is 0 Å². The number of hydrogen-bond donors (Lipinski definition) is 0. The first kappa shape index (κ1) is 22.4. The third kappa shape index (κ3) is 5.57. The van der Waals surface area contributed by atoms with Crippen molar-refractivity contribution in [3.8, 4) is 0 Å². The van der Waals surface area contributed by atoms with Gasteiger partial charge in [0.25, 0.3) is 0 Å². The summed E-state index contributed by atoms with van der Waals surface area (Å²) in [5, 5.41) is 0. The Kier molecular flexibility index (Phi) is 7.65. The van der Waals surface area contributed by atoms with E-state index in [9.17, 15) is 22.0 Å². The number of halogens is 3. The lowest BCUT2D eigenvalue weighted by molar-refractivity contribution is 0.0901. The van der Waals surface area contributed by atoms with Gasteiger partial charge in [0.05, 0.1) is 12.3 Å². The first-order valence-electron chi connectivity index (χ1n) is 8.57. The number of hydrogen-bond acceptors (Lipinski definition) is 4. The SMILES string of the molecule is Cl.O=C(CN1CCN(S(=O)(=O)Cc2ccc(F)cc2F)CC1)c1ccccc1. The van der Waals surface area contributed by atoms with Gasteiger partial charge in [0.1, 0.15) is 11.6 Å². The fourth-order valence-corrected chi connectivity index (χ4v) is 4.54. The van der Waals surface area contributed by atoms with E-state index in [0.717, 1.165) is 12.1 Å². The van der Waals surface area contributed by atoms with Crippen molar-refractivity contribution in [1.29, 1.82) is 0 Å². The van der Waals surface area contributed by atoms with E-state index in [2.05, 4.69) is 0 Å². The number of sulfonamides is 1. The molecule has 1 aliphatic heterocycles. The van der Waals surface area contributed by atoms with Crippen molar-refractivity contribution >= 4 is 28.2 Å². The van der Waals surface area contributed by atoms with Gasteiger partial charge in [0.15, 0.2) is 5.78 Å². The molecule has 0 atom stereocenters. The second kappa shape index (κ2) is 9.56. The number of carbonyl (C=O) groups is 1. The van der Waals surface area contributed by atoms with Gasteiger partial charge >= 0.3 is 0 Å². The zero-order valence-electron chi connectivity index (χ0n) is 15.1. The van der Waals surface area contributed by atoms with Gasteiger partial charge in [-0.05, 0) is 6.07 Å². The topological polar surface area (TPSA) is 57.7 Å². The molecule has 2 aromatic rings. The second-order valence-electron chi connectivity index (χ2n) is 6.46. The lowest BCUT2D eigenvalue weighted by Crippen LogP contribution is -2.50. The number of ketones is 1. The van der Waals surface area contributed by atoms with Crippen LogP contribution in [0.2, 0.25) is 0 Å². The van der Waals surface area contributed by atoms with Crippen LogP contribution < -0.4 is 0 Å². The highest BCUT2D eigenvalue weighted by Crippen LogP contribution is 2.17. The molecular weight excluding hydrogens is 410 g/mol. The number of nitrogens with zero attached hydrogens (tertiary/aromatic N) is 2. The Morgan fingerprint density at radius 2 is 1.61 bits per heavy atom. The number of piperazine rings is 1. The van der Waals surface area contributed by atoms with Gasteiger partial charge in [-0.3, -0.25) is 9.69 Å². The van der Waals surface area contributed by atoms with Gasteiger partial charge in [-0.25, -0.2) is 17.2 Å². The lowest BCUT2D eigenvalue weighted by Gasteiger charge is -2.33. The monoisotopic (exact) mass is 430 g/mol. The van der Waals surface area contributed by atoms with Crippen molar-refractivity contribution in [2.45, 2.75) is 5.75 Å². The van der Waals surface area contributed by atoms with Crippen molar-refractivity contribution < 1.29 is 22.0 Å². The quantitative estimate of drug-likeness (QED) is 0.661. The zero-order valence-corrected chi connectivity index (χ0v) is 16.7. The molecule has 9 heteroatoms. The average Bonchev–Trinajstić information content (AvgIpc) is 2.65. The maximum Gasteiger partial charge on any atom is 0.218 e. The molecule has 0 unspecified atom stereocenters. The Morgan fingerprint density at radius 3 is 2.21 bits per heavy atom. The zero-order chi connectivity index (χ0) is 19.4. The predicted octanol–water partition coefficient (Wildman–Crippen LogP) is 2.72. The van der Waals surface area contributed by atoms with Gasteiger partial charge in [0, 0.05) is 43.4 Å². The van der Waals surface area contributed by atoms with E-state index >= 15 is 0 Å². The Hall–Kier alpha value is -1.87. The molecule has 0 aliphatic carbocycles. The van der Waals surface area contributed by atoms with Crippen molar-refractivity contribution in [2.24, 2.45) is 0 Å². The van der Waals surface area contributed by atoms with Crippen LogP contribution in [0.15, 0.2) is 48.5 Å². The van der Waals surface area contributed by atoms with Crippen molar-refractivity contribution in [1.82, 2.24) is 9.21 Å². The minimum Gasteiger partial charge on any atom is -0.293 e. The van der Waals surface area contributed by atoms with E-state index < -0.39 is 27.4 Å². The van der Waals surface area contributed by atoms with Gasteiger partial charge in [-0.2, -0.15) is 4.31 Å². The molecule has 3 rings (SSSR count). The standard InChI is InChI=1S/C19H20F2N2O3S.ClH/c20-17-7-6-16(18(21)12-17)14-27(25,26)23-10-8-22(9-11-23)13-19(24)15-4-2-1-3-5-15;/h1-7,12H,8-11,13-14H2;1H. The van der Waals surface area contributed by atoms with Crippen LogP contribution in [0.1, 0.15) is 15.9 Å². The summed E-state index contributed by atoms with van der Waals surface area (Å²) < 4.78 is 53.1. The fraction of sp³-hybridized carbons (Fsp3) is 0.316. The molecule has 1 heterocycles. The highest BCUT2D eigenvalue weighted by Gasteiger charge is 2.28. The third-order valence-electron chi connectivity index (χ3n) is 4.54. The van der Waals surface area contributed by atoms with Crippen molar-refractivity contribution in [2.75, 3.05) is 32.7 Å².